The second kappa shape index (κ2) is 19.4. The number of carbonyl (C=O) groups excluding carboxylic acids is 1. The van der Waals surface area contributed by atoms with Gasteiger partial charge in [0.15, 0.2) is 5.82 Å². The highest BCUT2D eigenvalue weighted by Crippen LogP contribution is 2.26. The number of rotatable bonds is 11. The normalized spacial score (nSPS) is 9.89. The Hall–Kier alpha value is -2.67. The van der Waals surface area contributed by atoms with Gasteiger partial charge < -0.3 is 29.5 Å². The van der Waals surface area contributed by atoms with Crippen LogP contribution in [0.2, 0.25) is 10.0 Å². The first kappa shape index (κ1) is 32.4. The lowest BCUT2D eigenvalue weighted by atomic mass is 10.2. The van der Waals surface area contributed by atoms with Crippen LogP contribution in [0.25, 0.3) is 11.4 Å². The van der Waals surface area contributed by atoms with Gasteiger partial charge in [0.2, 0.25) is 0 Å². The second-order valence-corrected chi connectivity index (χ2v) is 8.49. The standard InChI is InChI=1S/C11H12ClN3O2.C11H14ClNO2S.C2H5NO/c1-16-2-3-17-10-5-8(4-9(12)6-10)11-13-7-14-15-11;1-14-3-4-15-10-6-8(11(13)16-2)5-9(12)7-10;3-1-2-4/h4-7H,2-3H2,1H3,(H,13,14,15);5-7,13H,3-4H2,1-2H3;2H,1,3H2. The van der Waals surface area contributed by atoms with Crippen LogP contribution in [0.4, 0.5) is 0 Å². The number of nitrogens with zero attached hydrogens (tertiary/aromatic N) is 2. The summed E-state index contributed by atoms with van der Waals surface area (Å²) >= 11 is 13.3. The number of hydrogen-bond donors (Lipinski definition) is 3. The number of benzene rings is 2. The Morgan fingerprint density at radius 2 is 1.57 bits per heavy atom. The molecule has 202 valence electrons. The van der Waals surface area contributed by atoms with Crippen molar-refractivity contribution in [2.75, 3.05) is 53.4 Å². The number of carbonyl (C=O) groups is 1. The van der Waals surface area contributed by atoms with Gasteiger partial charge in [0.25, 0.3) is 0 Å². The molecule has 1 aromatic heterocycles. The number of ether oxygens (including phenoxy) is 4. The smallest absolute Gasteiger partial charge is 0.155 e. The molecule has 0 unspecified atom stereocenters. The van der Waals surface area contributed by atoms with Gasteiger partial charge in [0, 0.05) is 41.9 Å². The van der Waals surface area contributed by atoms with Gasteiger partial charge in [-0.25, -0.2) is 4.98 Å². The highest BCUT2D eigenvalue weighted by Gasteiger charge is 2.06. The van der Waals surface area contributed by atoms with Crippen molar-refractivity contribution in [3.8, 4) is 22.9 Å². The highest BCUT2D eigenvalue weighted by atomic mass is 35.5. The molecule has 0 bridgehead atoms. The first-order chi connectivity index (χ1) is 17.9. The summed E-state index contributed by atoms with van der Waals surface area (Å²) in [7, 11) is 3.25. The molecule has 3 aromatic rings. The summed E-state index contributed by atoms with van der Waals surface area (Å²) in [5, 5.41) is 15.9. The Labute approximate surface area is 230 Å². The molecule has 0 aliphatic heterocycles. The third-order valence-corrected chi connectivity index (χ3v) is 5.19. The average Bonchev–Trinajstić information content (AvgIpc) is 3.44. The lowest BCUT2D eigenvalue weighted by Crippen LogP contribution is -2.05. The Morgan fingerprint density at radius 3 is 2.05 bits per heavy atom. The lowest BCUT2D eigenvalue weighted by Gasteiger charge is -2.08. The highest BCUT2D eigenvalue weighted by molar-refractivity contribution is 8.13. The van der Waals surface area contributed by atoms with Crippen molar-refractivity contribution in [2.45, 2.75) is 0 Å². The molecule has 4 N–H and O–H groups in total. The van der Waals surface area contributed by atoms with Gasteiger partial charge >= 0.3 is 0 Å². The monoisotopic (exact) mass is 571 g/mol. The molecule has 0 amide bonds. The van der Waals surface area contributed by atoms with Gasteiger partial charge in [0.1, 0.15) is 37.3 Å². The van der Waals surface area contributed by atoms with E-state index < -0.39 is 0 Å². The molecule has 2 aromatic carbocycles. The van der Waals surface area contributed by atoms with Crippen LogP contribution in [0.15, 0.2) is 42.7 Å². The van der Waals surface area contributed by atoms with Crippen molar-refractivity contribution in [3.05, 3.63) is 58.3 Å². The van der Waals surface area contributed by atoms with Crippen LogP contribution in [-0.2, 0) is 14.3 Å². The molecule has 0 atom stereocenters. The summed E-state index contributed by atoms with van der Waals surface area (Å²) in [5.74, 6) is 2.00. The van der Waals surface area contributed by atoms with E-state index in [1.165, 1.54) is 18.1 Å². The summed E-state index contributed by atoms with van der Waals surface area (Å²) in [6.45, 7) is 2.15. The summed E-state index contributed by atoms with van der Waals surface area (Å²) < 4.78 is 20.7. The minimum Gasteiger partial charge on any atom is -0.491 e. The zero-order valence-corrected chi connectivity index (χ0v) is 23.2. The third-order valence-electron chi connectivity index (χ3n) is 4.11. The molecule has 3 rings (SSSR count). The Balaban J connectivity index is 0.000000324. The first-order valence-corrected chi connectivity index (χ1v) is 12.8. The Bertz CT molecular complexity index is 1070. The summed E-state index contributed by atoms with van der Waals surface area (Å²) in [5.41, 5.74) is 6.27. The van der Waals surface area contributed by atoms with E-state index in [0.29, 0.717) is 65.1 Å². The molecular formula is C24H31Cl2N5O5S. The number of nitrogens with two attached hydrogens (primary N) is 1. The molecule has 0 spiro atoms. The van der Waals surface area contributed by atoms with Crippen molar-refractivity contribution in [1.29, 1.82) is 5.41 Å². The van der Waals surface area contributed by atoms with Crippen molar-refractivity contribution < 1.29 is 23.7 Å². The van der Waals surface area contributed by atoms with E-state index in [1.54, 1.807) is 44.6 Å². The van der Waals surface area contributed by atoms with Crippen LogP contribution in [0.3, 0.4) is 0 Å². The summed E-state index contributed by atoms with van der Waals surface area (Å²) in [4.78, 5) is 13.1. The third kappa shape index (κ3) is 13.4. The molecule has 10 nitrogen and oxygen atoms in total. The SMILES string of the molecule is COCCOc1cc(Cl)cc(-c2ncn[nH]2)c1.COCCOc1cc(Cl)cc(C(=N)SC)c1.NCC=O. The fourth-order valence-corrected chi connectivity index (χ4v) is 3.31. The Morgan fingerprint density at radius 1 is 1.00 bits per heavy atom. The fraction of sp³-hybridized carbons (Fsp3) is 0.333. The van der Waals surface area contributed by atoms with Crippen LogP contribution in [-0.4, -0.2) is 80.0 Å². The zero-order valence-electron chi connectivity index (χ0n) is 20.8. The number of H-pyrrole nitrogens is 1. The predicted octanol–water partition coefficient (Wildman–Crippen LogP) is 4.35. The van der Waals surface area contributed by atoms with Crippen LogP contribution >= 0.6 is 35.0 Å². The number of aromatic nitrogens is 3. The molecule has 0 radical (unpaired) electrons. The topological polar surface area (TPSA) is 145 Å². The van der Waals surface area contributed by atoms with E-state index in [9.17, 15) is 0 Å². The molecule has 0 saturated carbocycles. The molecule has 0 saturated heterocycles. The zero-order chi connectivity index (χ0) is 27.5. The van der Waals surface area contributed by atoms with Crippen molar-refractivity contribution in [1.82, 2.24) is 15.2 Å². The number of thioether (sulfide) groups is 1. The van der Waals surface area contributed by atoms with Gasteiger partial charge in [0.05, 0.1) is 18.3 Å². The van der Waals surface area contributed by atoms with E-state index in [2.05, 4.69) is 20.9 Å². The van der Waals surface area contributed by atoms with Gasteiger partial charge in [-0.05, 0) is 42.7 Å². The number of hydrogen-bond acceptors (Lipinski definition) is 10. The minimum absolute atomic E-state index is 0.139. The van der Waals surface area contributed by atoms with E-state index in [4.69, 9.17) is 52.4 Å². The van der Waals surface area contributed by atoms with E-state index >= 15 is 0 Å². The first-order valence-electron chi connectivity index (χ1n) is 10.8. The average molecular weight is 573 g/mol. The van der Waals surface area contributed by atoms with Gasteiger partial charge in [-0.1, -0.05) is 23.2 Å². The molecule has 13 heteroatoms. The van der Waals surface area contributed by atoms with Crippen LogP contribution in [0.1, 0.15) is 5.56 Å². The summed E-state index contributed by atoms with van der Waals surface area (Å²) in [6, 6.07) is 10.7. The second-order valence-electron chi connectivity index (χ2n) is 6.80. The van der Waals surface area contributed by atoms with Crippen molar-refractivity contribution >= 4 is 46.3 Å². The van der Waals surface area contributed by atoms with Gasteiger partial charge in [-0.15, -0.1) is 11.8 Å². The van der Waals surface area contributed by atoms with Crippen molar-refractivity contribution in [3.63, 3.8) is 0 Å². The molecule has 0 fully saturated rings. The largest absolute Gasteiger partial charge is 0.491 e. The Kier molecular flexibility index (Phi) is 17.0. The number of halogens is 2. The molecule has 0 aliphatic carbocycles. The maximum Gasteiger partial charge on any atom is 0.155 e. The molecule has 1 heterocycles. The van der Waals surface area contributed by atoms with Gasteiger partial charge in [-0.3, -0.25) is 10.5 Å². The number of methoxy groups -OCH3 is 2. The molecule has 37 heavy (non-hydrogen) atoms. The predicted molar refractivity (Wildman–Crippen MR) is 148 cm³/mol. The fourth-order valence-electron chi connectivity index (χ4n) is 2.51. The number of aldehydes is 1. The van der Waals surface area contributed by atoms with E-state index in [0.717, 1.165) is 11.1 Å². The molecule has 0 aliphatic rings. The lowest BCUT2D eigenvalue weighted by molar-refractivity contribution is -0.106. The maximum absolute atomic E-state index is 9.05. The minimum atomic E-state index is 0.139. The van der Waals surface area contributed by atoms with Crippen LogP contribution in [0, 0.1) is 5.41 Å². The van der Waals surface area contributed by atoms with Gasteiger partial charge in [-0.2, -0.15) is 5.10 Å². The van der Waals surface area contributed by atoms with Crippen molar-refractivity contribution in [2.24, 2.45) is 5.73 Å². The van der Waals surface area contributed by atoms with Crippen LogP contribution < -0.4 is 15.2 Å². The number of aromatic amines is 1. The molecular weight excluding hydrogens is 541 g/mol. The van der Waals surface area contributed by atoms with E-state index in [-0.39, 0.29) is 6.54 Å². The quantitative estimate of drug-likeness (QED) is 0.132. The van der Waals surface area contributed by atoms with Crippen LogP contribution in [0.5, 0.6) is 11.5 Å². The maximum atomic E-state index is 9.05. The number of nitrogens with one attached hydrogen (secondary N) is 2. The summed E-state index contributed by atoms with van der Waals surface area (Å²) in [6.07, 6.45) is 3.95. The van der Waals surface area contributed by atoms with E-state index in [1.807, 2.05) is 12.3 Å².